The number of aliphatic hydroxyl groups is 1. The fourth-order valence-electron chi connectivity index (χ4n) is 2.08. The van der Waals surface area contributed by atoms with Gasteiger partial charge in [-0.25, -0.2) is 0 Å². The maximum Gasteiger partial charge on any atom is 0.239 e. The summed E-state index contributed by atoms with van der Waals surface area (Å²) in [6.45, 7) is 3.93. The molecule has 1 fully saturated rings. The summed E-state index contributed by atoms with van der Waals surface area (Å²) < 4.78 is 0. The van der Waals surface area contributed by atoms with Crippen LogP contribution in [0.4, 0.5) is 0 Å². The van der Waals surface area contributed by atoms with Gasteiger partial charge in [0.15, 0.2) is 0 Å². The van der Waals surface area contributed by atoms with Gasteiger partial charge in [-0.3, -0.25) is 4.79 Å². The van der Waals surface area contributed by atoms with E-state index in [1.54, 1.807) is 0 Å². The van der Waals surface area contributed by atoms with Crippen LogP contribution < -0.4 is 5.32 Å². The topological polar surface area (TPSA) is 52.6 Å². The van der Waals surface area contributed by atoms with E-state index in [4.69, 9.17) is 5.11 Å². The van der Waals surface area contributed by atoms with Crippen molar-refractivity contribution in [2.75, 3.05) is 26.7 Å². The summed E-state index contributed by atoms with van der Waals surface area (Å²) in [4.78, 5) is 13.8. The van der Waals surface area contributed by atoms with E-state index in [0.29, 0.717) is 5.92 Å². The number of nitrogens with zero attached hydrogens (tertiary/aromatic N) is 1. The highest BCUT2D eigenvalue weighted by atomic mass is 16.3. The molecule has 1 amide bonds. The molecule has 2 atom stereocenters. The number of carbonyl (C=O) groups excluding carboxylic acids is 1. The van der Waals surface area contributed by atoms with Crippen molar-refractivity contribution in [1.29, 1.82) is 0 Å². The number of carbonyl (C=O) groups is 1. The zero-order valence-electron chi connectivity index (χ0n) is 9.70. The van der Waals surface area contributed by atoms with Crippen LogP contribution in [-0.2, 0) is 4.79 Å². The van der Waals surface area contributed by atoms with Crippen molar-refractivity contribution in [3.05, 3.63) is 0 Å². The van der Waals surface area contributed by atoms with Crippen molar-refractivity contribution >= 4 is 5.91 Å². The van der Waals surface area contributed by atoms with E-state index in [2.05, 4.69) is 12.2 Å². The van der Waals surface area contributed by atoms with Crippen LogP contribution in [0.15, 0.2) is 0 Å². The monoisotopic (exact) mass is 214 g/mol. The van der Waals surface area contributed by atoms with Crippen molar-refractivity contribution in [3.8, 4) is 0 Å². The number of nitrogens with one attached hydrogen (secondary N) is 1. The molecule has 0 bridgehead atoms. The Balaban J connectivity index is 2.43. The van der Waals surface area contributed by atoms with Crippen LogP contribution in [0.1, 0.15) is 26.2 Å². The Morgan fingerprint density at radius 3 is 3.00 bits per heavy atom. The first-order chi connectivity index (χ1) is 7.19. The van der Waals surface area contributed by atoms with Gasteiger partial charge in [0.2, 0.25) is 5.91 Å². The molecule has 0 aromatic rings. The zero-order valence-corrected chi connectivity index (χ0v) is 9.70. The normalized spacial score (nSPS) is 24.3. The van der Waals surface area contributed by atoms with Gasteiger partial charge in [0.05, 0.1) is 6.04 Å². The van der Waals surface area contributed by atoms with Crippen LogP contribution in [0.3, 0.4) is 0 Å². The Bertz CT molecular complexity index is 209. The quantitative estimate of drug-likeness (QED) is 0.688. The Kier molecular flexibility index (Phi) is 5.05. The molecule has 1 aliphatic heterocycles. The van der Waals surface area contributed by atoms with E-state index in [-0.39, 0.29) is 18.6 Å². The lowest BCUT2D eigenvalue weighted by Gasteiger charge is -2.33. The number of likely N-dealkylation sites (tertiary alicyclic amines) is 1. The number of amides is 1. The van der Waals surface area contributed by atoms with Gasteiger partial charge in [-0.05, 0) is 32.2 Å². The Morgan fingerprint density at radius 2 is 2.40 bits per heavy atom. The van der Waals surface area contributed by atoms with Crippen LogP contribution in [0.5, 0.6) is 0 Å². The molecular weight excluding hydrogens is 192 g/mol. The average molecular weight is 214 g/mol. The molecular formula is C11H22N2O2. The first-order valence-electron chi connectivity index (χ1n) is 5.76. The predicted octanol–water partition coefficient (Wildman–Crippen LogP) is 0.215. The van der Waals surface area contributed by atoms with E-state index in [1.165, 1.54) is 0 Å². The third kappa shape index (κ3) is 3.47. The van der Waals surface area contributed by atoms with Gasteiger partial charge < -0.3 is 15.3 Å². The first kappa shape index (κ1) is 12.5. The van der Waals surface area contributed by atoms with E-state index in [9.17, 15) is 4.79 Å². The molecule has 0 radical (unpaired) electrons. The minimum atomic E-state index is 0.0000709. The first-order valence-corrected chi connectivity index (χ1v) is 5.76. The van der Waals surface area contributed by atoms with Gasteiger partial charge in [-0.1, -0.05) is 6.92 Å². The molecule has 88 valence electrons. The summed E-state index contributed by atoms with van der Waals surface area (Å²) in [6.07, 6.45) is 2.79. The highest BCUT2D eigenvalue weighted by molar-refractivity contribution is 5.82. The van der Waals surface area contributed by atoms with Gasteiger partial charge in [-0.2, -0.15) is 0 Å². The number of hydrogen-bond acceptors (Lipinski definition) is 3. The predicted molar refractivity (Wildman–Crippen MR) is 59.5 cm³/mol. The molecule has 1 aliphatic rings. The minimum absolute atomic E-state index is 0.0000709. The SMILES string of the molecule is CNC1CCCN(CC(C)CCO)C1=O. The van der Waals surface area contributed by atoms with Crippen LogP contribution in [0.2, 0.25) is 0 Å². The summed E-state index contributed by atoms with van der Waals surface area (Å²) in [7, 11) is 1.84. The van der Waals surface area contributed by atoms with Crippen LogP contribution in [0.25, 0.3) is 0 Å². The third-order valence-electron chi connectivity index (χ3n) is 3.03. The molecule has 2 unspecified atom stereocenters. The lowest BCUT2D eigenvalue weighted by atomic mass is 10.0. The molecule has 0 aromatic heterocycles. The second-order valence-electron chi connectivity index (χ2n) is 4.39. The maximum atomic E-state index is 11.9. The van der Waals surface area contributed by atoms with Gasteiger partial charge in [0, 0.05) is 19.7 Å². The molecule has 0 aliphatic carbocycles. The minimum Gasteiger partial charge on any atom is -0.396 e. The van der Waals surface area contributed by atoms with E-state index in [0.717, 1.165) is 32.4 Å². The molecule has 1 rings (SSSR count). The van der Waals surface area contributed by atoms with Crippen molar-refractivity contribution in [1.82, 2.24) is 10.2 Å². The van der Waals surface area contributed by atoms with E-state index >= 15 is 0 Å². The molecule has 1 saturated heterocycles. The van der Waals surface area contributed by atoms with Gasteiger partial charge in [0.1, 0.15) is 0 Å². The van der Waals surface area contributed by atoms with Crippen LogP contribution in [0, 0.1) is 5.92 Å². The lowest BCUT2D eigenvalue weighted by Crippen LogP contribution is -2.50. The maximum absolute atomic E-state index is 11.9. The average Bonchev–Trinajstić information content (AvgIpc) is 2.21. The molecule has 0 spiro atoms. The summed E-state index contributed by atoms with van der Waals surface area (Å²) >= 11 is 0. The van der Waals surface area contributed by atoms with Crippen molar-refractivity contribution in [2.45, 2.75) is 32.2 Å². The molecule has 0 aromatic carbocycles. The van der Waals surface area contributed by atoms with Gasteiger partial charge in [0.25, 0.3) is 0 Å². The molecule has 0 saturated carbocycles. The number of aliphatic hydroxyl groups excluding tert-OH is 1. The highest BCUT2D eigenvalue weighted by Crippen LogP contribution is 2.14. The Hall–Kier alpha value is -0.610. The summed E-state index contributed by atoms with van der Waals surface area (Å²) in [5.74, 6) is 0.600. The fraction of sp³-hybridized carbons (Fsp3) is 0.909. The summed E-state index contributed by atoms with van der Waals surface area (Å²) in [5.41, 5.74) is 0. The second-order valence-corrected chi connectivity index (χ2v) is 4.39. The molecule has 1 heterocycles. The van der Waals surface area contributed by atoms with Crippen LogP contribution in [-0.4, -0.2) is 48.7 Å². The second kappa shape index (κ2) is 6.08. The molecule has 4 heteroatoms. The lowest BCUT2D eigenvalue weighted by molar-refractivity contribution is -0.136. The highest BCUT2D eigenvalue weighted by Gasteiger charge is 2.27. The van der Waals surface area contributed by atoms with E-state index in [1.807, 2.05) is 11.9 Å². The van der Waals surface area contributed by atoms with Gasteiger partial charge in [-0.15, -0.1) is 0 Å². The summed E-state index contributed by atoms with van der Waals surface area (Å²) in [5, 5.41) is 11.9. The molecule has 2 N–H and O–H groups in total. The van der Waals surface area contributed by atoms with Crippen molar-refractivity contribution in [3.63, 3.8) is 0 Å². The zero-order chi connectivity index (χ0) is 11.3. The van der Waals surface area contributed by atoms with Crippen molar-refractivity contribution < 1.29 is 9.90 Å². The number of rotatable bonds is 5. The largest absolute Gasteiger partial charge is 0.396 e. The molecule has 4 nitrogen and oxygen atoms in total. The van der Waals surface area contributed by atoms with E-state index < -0.39 is 0 Å². The Labute approximate surface area is 91.6 Å². The Morgan fingerprint density at radius 1 is 1.67 bits per heavy atom. The fourth-order valence-corrected chi connectivity index (χ4v) is 2.08. The standard InChI is InChI=1S/C11H22N2O2/c1-9(5-7-14)8-13-6-3-4-10(12-2)11(13)15/h9-10,12,14H,3-8H2,1-2H3. The summed E-state index contributed by atoms with van der Waals surface area (Å²) in [6, 6.07) is 0.0000709. The van der Waals surface area contributed by atoms with Crippen LogP contribution >= 0.6 is 0 Å². The third-order valence-corrected chi connectivity index (χ3v) is 3.03. The van der Waals surface area contributed by atoms with Gasteiger partial charge >= 0.3 is 0 Å². The number of piperidine rings is 1. The smallest absolute Gasteiger partial charge is 0.239 e. The molecule has 15 heavy (non-hydrogen) atoms. The van der Waals surface area contributed by atoms with Crippen molar-refractivity contribution in [2.24, 2.45) is 5.92 Å². The number of likely N-dealkylation sites (N-methyl/N-ethyl adjacent to an activating group) is 1. The number of hydrogen-bond donors (Lipinski definition) is 2.